The molecule has 30 heavy (non-hydrogen) atoms. The van der Waals surface area contributed by atoms with Gasteiger partial charge in [0.05, 0.1) is 26.4 Å². The van der Waals surface area contributed by atoms with Crippen molar-refractivity contribution in [2.24, 2.45) is 0 Å². The van der Waals surface area contributed by atoms with Crippen molar-refractivity contribution in [1.29, 1.82) is 0 Å². The summed E-state index contributed by atoms with van der Waals surface area (Å²) < 4.78 is 56.4. The molecule has 0 aliphatic rings. The molecule has 6 nitrogen and oxygen atoms in total. The number of carbonyl (C=O) groups is 2. The van der Waals surface area contributed by atoms with Crippen LogP contribution in [-0.4, -0.2) is 51.2 Å². The van der Waals surface area contributed by atoms with Gasteiger partial charge in [-0.05, 0) is 41.5 Å². The summed E-state index contributed by atoms with van der Waals surface area (Å²) in [5.74, 6) is -1.51. The molecule has 9 heteroatoms. The Morgan fingerprint density at radius 1 is 1.03 bits per heavy atom. The van der Waals surface area contributed by atoms with Crippen LogP contribution in [0.3, 0.4) is 0 Å². The van der Waals surface area contributed by atoms with Crippen LogP contribution < -0.4 is 9.47 Å². The number of alkyl halides is 3. The maximum Gasteiger partial charge on any atom is 0.420 e. The van der Waals surface area contributed by atoms with Crippen LogP contribution in [0.5, 0.6) is 11.5 Å². The normalized spacial score (nSPS) is 11.3. The van der Waals surface area contributed by atoms with E-state index in [-0.39, 0.29) is 34.4 Å². The van der Waals surface area contributed by atoms with Gasteiger partial charge < -0.3 is 19.1 Å². The second-order valence-corrected chi connectivity index (χ2v) is 6.61. The molecule has 0 aliphatic heterocycles. The second-order valence-electron chi connectivity index (χ2n) is 6.61. The first-order chi connectivity index (χ1) is 14.1. The summed E-state index contributed by atoms with van der Waals surface area (Å²) in [6, 6.07) is 5.15. The maximum atomic E-state index is 13.8. The van der Waals surface area contributed by atoms with E-state index in [1.54, 1.807) is 0 Å². The van der Waals surface area contributed by atoms with Crippen molar-refractivity contribution in [3.63, 3.8) is 0 Å². The topological polar surface area (TPSA) is 65.1 Å². The smallest absolute Gasteiger partial charge is 0.420 e. The molecule has 2 aromatic carbocycles. The van der Waals surface area contributed by atoms with Crippen molar-refractivity contribution in [2.75, 3.05) is 34.4 Å². The number of hydrogen-bond acceptors (Lipinski definition) is 5. The number of unbranched alkanes of at least 4 members (excludes halogenated alkanes) is 1. The molecule has 0 aliphatic carbocycles. The van der Waals surface area contributed by atoms with Gasteiger partial charge in [-0.2, -0.15) is 13.2 Å². The van der Waals surface area contributed by atoms with E-state index < -0.39 is 23.6 Å². The zero-order valence-corrected chi connectivity index (χ0v) is 17.3. The third kappa shape index (κ3) is 4.95. The number of benzene rings is 2. The van der Waals surface area contributed by atoms with E-state index in [1.165, 1.54) is 32.4 Å². The molecule has 0 saturated carbocycles. The summed E-state index contributed by atoms with van der Waals surface area (Å²) in [4.78, 5) is 25.8. The van der Waals surface area contributed by atoms with E-state index in [0.717, 1.165) is 24.5 Å². The number of amides is 1. The predicted molar refractivity (Wildman–Crippen MR) is 105 cm³/mol. The second kappa shape index (κ2) is 9.69. The fraction of sp³-hybridized carbons (Fsp3) is 0.429. The van der Waals surface area contributed by atoms with Gasteiger partial charge in [0.1, 0.15) is 23.6 Å². The van der Waals surface area contributed by atoms with Gasteiger partial charge in [-0.1, -0.05) is 13.3 Å². The van der Waals surface area contributed by atoms with Crippen molar-refractivity contribution < 1.29 is 37.0 Å². The number of likely N-dealkylation sites (N-methyl/N-ethyl adjacent to an activating group) is 1. The number of halogens is 3. The van der Waals surface area contributed by atoms with Crippen LogP contribution in [0.1, 0.15) is 35.7 Å². The predicted octanol–water partition coefficient (Wildman–Crippen LogP) is 4.29. The quantitative estimate of drug-likeness (QED) is 0.465. The summed E-state index contributed by atoms with van der Waals surface area (Å²) >= 11 is 0. The minimum Gasteiger partial charge on any atom is -0.496 e. The summed E-state index contributed by atoms with van der Waals surface area (Å²) in [6.45, 7) is 1.90. The Morgan fingerprint density at radius 2 is 1.67 bits per heavy atom. The standard InChI is InChI=1S/C21H24F3NO5/c1-5-6-11-30-15-9-8-14-13(7-10-16(28-3)19(14)21(22,23)24)18(15)20(27)25(2)12-17(26)29-4/h7-10H,5-6,11-12H2,1-4H3. The van der Waals surface area contributed by atoms with Crippen molar-refractivity contribution >= 4 is 22.6 Å². The van der Waals surface area contributed by atoms with E-state index in [1.807, 2.05) is 6.92 Å². The average molecular weight is 427 g/mol. The highest BCUT2D eigenvalue weighted by Gasteiger charge is 2.37. The van der Waals surface area contributed by atoms with Crippen LogP contribution in [0.25, 0.3) is 10.8 Å². The number of fused-ring (bicyclic) bond motifs is 1. The van der Waals surface area contributed by atoms with Gasteiger partial charge in [-0.3, -0.25) is 9.59 Å². The molecule has 0 saturated heterocycles. The molecule has 1 amide bonds. The van der Waals surface area contributed by atoms with Gasteiger partial charge in [0.15, 0.2) is 0 Å². The van der Waals surface area contributed by atoms with Gasteiger partial charge in [0.2, 0.25) is 0 Å². The number of esters is 1. The monoisotopic (exact) mass is 427 g/mol. The molecule has 0 fully saturated rings. The molecule has 0 bridgehead atoms. The lowest BCUT2D eigenvalue weighted by Gasteiger charge is -2.21. The first-order valence-corrected chi connectivity index (χ1v) is 9.31. The molecule has 0 heterocycles. The number of carbonyl (C=O) groups excluding carboxylic acids is 2. The zero-order valence-electron chi connectivity index (χ0n) is 17.3. The maximum absolute atomic E-state index is 13.8. The number of methoxy groups -OCH3 is 2. The Labute approximate surface area is 172 Å². The van der Waals surface area contributed by atoms with E-state index in [9.17, 15) is 22.8 Å². The van der Waals surface area contributed by atoms with Gasteiger partial charge in [-0.15, -0.1) is 0 Å². The SMILES string of the molecule is CCCCOc1ccc2c(C(F)(F)F)c(OC)ccc2c1C(=O)N(C)CC(=O)OC. The van der Waals surface area contributed by atoms with Gasteiger partial charge in [0, 0.05) is 7.05 Å². The average Bonchev–Trinajstić information content (AvgIpc) is 2.71. The lowest BCUT2D eigenvalue weighted by Crippen LogP contribution is -2.33. The fourth-order valence-electron chi connectivity index (χ4n) is 3.02. The summed E-state index contributed by atoms with van der Waals surface area (Å²) in [6.07, 6.45) is -3.15. The van der Waals surface area contributed by atoms with E-state index >= 15 is 0 Å². The Hall–Kier alpha value is -2.97. The third-order valence-corrected chi connectivity index (χ3v) is 4.54. The molecule has 0 N–H and O–H groups in total. The highest BCUT2D eigenvalue weighted by atomic mass is 19.4. The van der Waals surface area contributed by atoms with E-state index in [2.05, 4.69) is 4.74 Å². The van der Waals surface area contributed by atoms with Crippen LogP contribution in [0, 0.1) is 0 Å². The van der Waals surface area contributed by atoms with Crippen LogP contribution in [0.2, 0.25) is 0 Å². The highest BCUT2D eigenvalue weighted by molar-refractivity contribution is 6.11. The van der Waals surface area contributed by atoms with Crippen LogP contribution in [0.4, 0.5) is 13.2 Å². The minimum absolute atomic E-state index is 0.0526. The Kier molecular flexibility index (Phi) is 7.53. The molecule has 0 atom stereocenters. The van der Waals surface area contributed by atoms with Crippen LogP contribution in [-0.2, 0) is 15.7 Å². The Bertz CT molecular complexity index is 927. The van der Waals surface area contributed by atoms with Crippen molar-refractivity contribution in [3.05, 3.63) is 35.4 Å². The van der Waals surface area contributed by atoms with E-state index in [0.29, 0.717) is 13.0 Å². The van der Waals surface area contributed by atoms with Crippen LogP contribution in [0.15, 0.2) is 24.3 Å². The molecule has 0 aromatic heterocycles. The lowest BCUT2D eigenvalue weighted by atomic mass is 9.97. The first-order valence-electron chi connectivity index (χ1n) is 9.31. The summed E-state index contributed by atoms with van der Waals surface area (Å²) in [7, 11) is 3.69. The molecule has 164 valence electrons. The summed E-state index contributed by atoms with van der Waals surface area (Å²) in [5.41, 5.74) is -1.03. The van der Waals surface area contributed by atoms with Crippen LogP contribution >= 0.6 is 0 Å². The third-order valence-electron chi connectivity index (χ3n) is 4.54. The lowest BCUT2D eigenvalue weighted by molar-refractivity contribution is -0.141. The molecule has 2 rings (SSSR count). The Morgan fingerprint density at radius 3 is 2.23 bits per heavy atom. The van der Waals surface area contributed by atoms with Crippen molar-refractivity contribution in [3.8, 4) is 11.5 Å². The number of nitrogens with zero attached hydrogens (tertiary/aromatic N) is 1. The largest absolute Gasteiger partial charge is 0.496 e. The molecular formula is C21H24F3NO5. The zero-order chi connectivity index (χ0) is 22.5. The highest BCUT2D eigenvalue weighted by Crippen LogP contribution is 2.43. The molecule has 0 unspecified atom stereocenters. The van der Waals surface area contributed by atoms with Crippen molar-refractivity contribution in [2.45, 2.75) is 25.9 Å². The number of hydrogen-bond donors (Lipinski definition) is 0. The number of ether oxygens (including phenoxy) is 3. The molecule has 0 spiro atoms. The van der Waals surface area contributed by atoms with Gasteiger partial charge >= 0.3 is 12.1 Å². The minimum atomic E-state index is -4.70. The molecule has 0 radical (unpaired) electrons. The van der Waals surface area contributed by atoms with E-state index in [4.69, 9.17) is 9.47 Å². The molecular weight excluding hydrogens is 403 g/mol. The Balaban J connectivity index is 2.71. The number of rotatable bonds is 8. The van der Waals surface area contributed by atoms with Crippen molar-refractivity contribution in [1.82, 2.24) is 4.90 Å². The first kappa shape index (κ1) is 23.3. The summed E-state index contributed by atoms with van der Waals surface area (Å²) in [5, 5.41) is -0.140. The van der Waals surface area contributed by atoms with Gasteiger partial charge in [-0.25, -0.2) is 0 Å². The fourth-order valence-corrected chi connectivity index (χ4v) is 3.02. The molecule has 2 aromatic rings. The van der Waals surface area contributed by atoms with Gasteiger partial charge in [0.25, 0.3) is 5.91 Å².